The first-order chi connectivity index (χ1) is 15.5. The molecule has 0 aliphatic rings. The molecular weight excluding hydrogens is 454 g/mol. The molecule has 0 atom stereocenters. The molecule has 0 heterocycles. The second-order valence-electron chi connectivity index (χ2n) is 7.00. The third-order valence-electron chi connectivity index (χ3n) is 4.50. The number of hydrogen-bond donors (Lipinski definition) is 3. The second-order valence-corrected chi connectivity index (χ2v) is 7.59. The third kappa shape index (κ3) is 9.61. The van der Waals surface area contributed by atoms with E-state index in [0.29, 0.717) is 35.4 Å². The van der Waals surface area contributed by atoms with Gasteiger partial charge >= 0.3 is 6.03 Å². The van der Waals surface area contributed by atoms with Gasteiger partial charge in [-0.3, -0.25) is 0 Å². The van der Waals surface area contributed by atoms with Crippen molar-refractivity contribution >= 4 is 47.2 Å². The maximum absolute atomic E-state index is 13.2. The molecule has 2 rings (SSSR count). The van der Waals surface area contributed by atoms with E-state index in [9.17, 15) is 13.6 Å². The van der Waals surface area contributed by atoms with Crippen molar-refractivity contribution < 1.29 is 18.3 Å². The first-order valence-corrected chi connectivity index (χ1v) is 11.1. The minimum atomic E-state index is -0.914. The Morgan fingerprint density at radius 2 is 1.66 bits per heavy atom. The van der Waals surface area contributed by atoms with E-state index in [1.165, 1.54) is 6.07 Å². The first kappa shape index (κ1) is 25.5. The number of para-hydroxylation sites is 2. The molecule has 0 aromatic heterocycles. The van der Waals surface area contributed by atoms with Gasteiger partial charge in [0, 0.05) is 30.7 Å². The van der Waals surface area contributed by atoms with Crippen LogP contribution >= 0.6 is 12.2 Å². The molecule has 0 radical (unpaired) electrons. The number of unbranched alkanes of at least 4 members (excludes halogenated alkanes) is 5. The summed E-state index contributed by atoms with van der Waals surface area (Å²) in [6.07, 6.45) is 6.15. The van der Waals surface area contributed by atoms with E-state index >= 15 is 0 Å². The molecule has 2 amide bonds. The van der Waals surface area contributed by atoms with Crippen LogP contribution in [0.15, 0.2) is 46.8 Å². The predicted octanol–water partition coefficient (Wildman–Crippen LogP) is 5.93. The number of hydrogen-bond acceptors (Lipinski definition) is 4. The van der Waals surface area contributed by atoms with Crippen LogP contribution in [0.1, 0.15) is 38.5 Å². The van der Waals surface area contributed by atoms with Gasteiger partial charge in [0.25, 0.3) is 0 Å². The highest BCUT2D eigenvalue weighted by Gasteiger charge is 2.06. The Morgan fingerprint density at radius 3 is 2.41 bits per heavy atom. The molecule has 6 nitrogen and oxygen atoms in total. The number of benzene rings is 2. The summed E-state index contributed by atoms with van der Waals surface area (Å²) in [5.41, 5.74) is 0.958. The van der Waals surface area contributed by atoms with Crippen LogP contribution in [0.4, 0.5) is 25.0 Å². The molecule has 2 aromatic carbocycles. The number of thiocarbonyl (C=S) groups is 1. The fourth-order valence-electron chi connectivity index (χ4n) is 2.90. The lowest BCUT2D eigenvalue weighted by atomic mass is 10.1. The van der Waals surface area contributed by atoms with Crippen molar-refractivity contribution in [3.63, 3.8) is 0 Å². The fourth-order valence-corrected chi connectivity index (χ4v) is 3.17. The lowest BCUT2D eigenvalue weighted by Crippen LogP contribution is -2.29. The molecular formula is C22H26F2N4O2S2. The van der Waals surface area contributed by atoms with Crippen molar-refractivity contribution in [1.82, 2.24) is 5.32 Å². The number of ether oxygens (including phenoxy) is 1. The Labute approximate surface area is 197 Å². The average molecular weight is 481 g/mol. The Kier molecular flexibility index (Phi) is 11.5. The minimum absolute atomic E-state index is 0.381. The van der Waals surface area contributed by atoms with Crippen molar-refractivity contribution in [3.05, 3.63) is 54.1 Å². The highest BCUT2D eigenvalue weighted by atomic mass is 32.1. The lowest BCUT2D eigenvalue weighted by molar-refractivity contribution is 0.259. The quantitative estimate of drug-likeness (QED) is 0.258. The van der Waals surface area contributed by atoms with Gasteiger partial charge in [-0.05, 0) is 49.3 Å². The van der Waals surface area contributed by atoms with E-state index in [1.54, 1.807) is 18.2 Å². The standard InChI is InChI=1S/C22H26F2N4O2S2/c23-17-12-11-16(15-18(17)24)26-22(31)25-13-7-3-1-2-4-8-14-30-20-10-6-5-9-19(20)27-21(29)28-32/h5-6,9-12,15H,1-4,7-8,13-14H2,(H,27,29)(H2,25,26,31). The molecule has 32 heavy (non-hydrogen) atoms. The minimum Gasteiger partial charge on any atom is -0.491 e. The SMILES string of the molecule is O=C(N=S)Nc1ccccc1OCCCCCCCCNC(=S)Nc1ccc(F)c(F)c1. The van der Waals surface area contributed by atoms with Crippen molar-refractivity contribution in [2.75, 3.05) is 23.8 Å². The van der Waals surface area contributed by atoms with Crippen LogP contribution in [-0.2, 0) is 12.4 Å². The number of amides is 2. The smallest absolute Gasteiger partial charge is 0.356 e. The Morgan fingerprint density at radius 1 is 0.938 bits per heavy atom. The average Bonchev–Trinajstić information content (AvgIpc) is 2.78. The van der Waals surface area contributed by atoms with Gasteiger partial charge in [-0.2, -0.15) is 0 Å². The molecule has 0 unspecified atom stereocenters. The Hall–Kier alpha value is -2.72. The van der Waals surface area contributed by atoms with Gasteiger partial charge in [-0.25, -0.2) is 13.6 Å². The summed E-state index contributed by atoms with van der Waals surface area (Å²) in [4.78, 5) is 11.3. The Bertz CT molecular complexity index is 915. The molecule has 0 aliphatic carbocycles. The van der Waals surface area contributed by atoms with Gasteiger partial charge in [0.05, 0.1) is 12.3 Å². The number of nitrogens with one attached hydrogen (secondary N) is 3. The monoisotopic (exact) mass is 480 g/mol. The number of urea groups is 1. The van der Waals surface area contributed by atoms with E-state index in [1.807, 2.05) is 6.07 Å². The fraction of sp³-hybridized carbons (Fsp3) is 0.364. The highest BCUT2D eigenvalue weighted by Crippen LogP contribution is 2.24. The molecule has 0 saturated carbocycles. The highest BCUT2D eigenvalue weighted by molar-refractivity contribution is 7.80. The molecule has 10 heteroatoms. The molecule has 0 fully saturated rings. The second kappa shape index (κ2) is 14.4. The number of rotatable bonds is 12. The topological polar surface area (TPSA) is 74.8 Å². The summed E-state index contributed by atoms with van der Waals surface area (Å²) in [6, 6.07) is 10.1. The number of carbonyl (C=O) groups excluding carboxylic acids is 1. The molecule has 0 aliphatic heterocycles. The summed E-state index contributed by atoms with van der Waals surface area (Å²) in [6.45, 7) is 1.26. The van der Waals surface area contributed by atoms with E-state index in [0.717, 1.165) is 50.7 Å². The summed E-state index contributed by atoms with van der Waals surface area (Å²) in [5.74, 6) is -1.21. The summed E-state index contributed by atoms with van der Waals surface area (Å²) >= 11 is 9.53. The number of nitrogens with zero attached hydrogens (tertiary/aromatic N) is 1. The largest absolute Gasteiger partial charge is 0.491 e. The van der Waals surface area contributed by atoms with Crippen LogP contribution in [-0.4, -0.2) is 24.3 Å². The summed E-state index contributed by atoms with van der Waals surface area (Å²) in [5, 5.41) is 8.85. The molecule has 0 spiro atoms. The van der Waals surface area contributed by atoms with Crippen molar-refractivity contribution in [1.29, 1.82) is 0 Å². The van der Waals surface area contributed by atoms with Crippen LogP contribution in [0.25, 0.3) is 0 Å². The van der Waals surface area contributed by atoms with E-state index in [2.05, 4.69) is 32.7 Å². The van der Waals surface area contributed by atoms with Crippen LogP contribution in [0.3, 0.4) is 0 Å². The normalized spacial score (nSPS) is 10.3. The van der Waals surface area contributed by atoms with E-state index in [4.69, 9.17) is 17.0 Å². The van der Waals surface area contributed by atoms with Gasteiger partial charge in [-0.15, -0.1) is 4.36 Å². The lowest BCUT2D eigenvalue weighted by Gasteiger charge is -2.11. The summed E-state index contributed by atoms with van der Waals surface area (Å²) < 4.78 is 35.0. The van der Waals surface area contributed by atoms with Gasteiger partial charge in [0.15, 0.2) is 16.7 Å². The first-order valence-electron chi connectivity index (χ1n) is 10.4. The molecule has 3 N–H and O–H groups in total. The maximum atomic E-state index is 13.2. The zero-order valence-corrected chi connectivity index (χ0v) is 19.2. The molecule has 0 saturated heterocycles. The zero-order chi connectivity index (χ0) is 23.2. The molecule has 0 bridgehead atoms. The Balaban J connectivity index is 1.50. The van der Waals surface area contributed by atoms with Crippen molar-refractivity contribution in [3.8, 4) is 5.75 Å². The van der Waals surface area contributed by atoms with Crippen LogP contribution in [0.2, 0.25) is 0 Å². The van der Waals surface area contributed by atoms with E-state index < -0.39 is 17.7 Å². The van der Waals surface area contributed by atoms with Gasteiger partial charge in [0.1, 0.15) is 5.75 Å². The van der Waals surface area contributed by atoms with Crippen LogP contribution in [0.5, 0.6) is 5.75 Å². The summed E-state index contributed by atoms with van der Waals surface area (Å²) in [7, 11) is 0. The van der Waals surface area contributed by atoms with Crippen LogP contribution in [0, 0.1) is 11.6 Å². The van der Waals surface area contributed by atoms with Gasteiger partial charge in [-0.1, -0.05) is 37.8 Å². The number of carbonyl (C=O) groups is 1. The van der Waals surface area contributed by atoms with Crippen molar-refractivity contribution in [2.24, 2.45) is 4.36 Å². The predicted molar refractivity (Wildman–Crippen MR) is 129 cm³/mol. The van der Waals surface area contributed by atoms with Gasteiger partial charge in [0.2, 0.25) is 0 Å². The zero-order valence-electron chi connectivity index (χ0n) is 17.5. The van der Waals surface area contributed by atoms with Crippen LogP contribution < -0.4 is 20.7 Å². The maximum Gasteiger partial charge on any atom is 0.356 e. The third-order valence-corrected chi connectivity index (χ3v) is 4.92. The number of halogens is 2. The molecule has 2 aromatic rings. The number of anilines is 2. The van der Waals surface area contributed by atoms with Crippen molar-refractivity contribution in [2.45, 2.75) is 38.5 Å². The molecule has 172 valence electrons. The van der Waals surface area contributed by atoms with Gasteiger partial charge < -0.3 is 20.7 Å². The van der Waals surface area contributed by atoms with E-state index in [-0.39, 0.29) is 0 Å².